The first-order valence-corrected chi connectivity index (χ1v) is 6.46. The number of carbonyl (C=O) groups is 1. The number of allylic oxidation sites excluding steroid dienone is 1. The molecule has 3 nitrogen and oxygen atoms in total. The Morgan fingerprint density at radius 1 is 1.53 bits per heavy atom. The van der Waals surface area contributed by atoms with Gasteiger partial charge >= 0.3 is 0 Å². The molecule has 2 rings (SSSR count). The van der Waals surface area contributed by atoms with E-state index in [2.05, 4.69) is 13.5 Å². The van der Waals surface area contributed by atoms with E-state index < -0.39 is 11.6 Å². The number of rotatable bonds is 1. The summed E-state index contributed by atoms with van der Waals surface area (Å²) in [6.07, 6.45) is 3.85. The van der Waals surface area contributed by atoms with Gasteiger partial charge in [0.1, 0.15) is 0 Å². The molecule has 96 valence electrons. The second-order valence-electron chi connectivity index (χ2n) is 6.21. The number of fused-ring (bicyclic) bond motifs is 1. The van der Waals surface area contributed by atoms with Crippen LogP contribution in [0.1, 0.15) is 46.0 Å². The highest BCUT2D eigenvalue weighted by atomic mass is 16.3. The van der Waals surface area contributed by atoms with E-state index in [0.717, 1.165) is 24.8 Å². The van der Waals surface area contributed by atoms with Crippen LogP contribution < -0.4 is 5.73 Å². The van der Waals surface area contributed by atoms with Gasteiger partial charge in [-0.2, -0.15) is 0 Å². The quantitative estimate of drug-likeness (QED) is 0.683. The first kappa shape index (κ1) is 12.8. The maximum absolute atomic E-state index is 11.8. The molecule has 3 heteroatoms. The van der Waals surface area contributed by atoms with Gasteiger partial charge in [-0.3, -0.25) is 4.79 Å². The Morgan fingerprint density at radius 3 is 2.76 bits per heavy atom. The Bertz CT molecular complexity index is 365. The smallest absolute Gasteiger partial charge is 0.152 e. The third-order valence-electron chi connectivity index (χ3n) is 5.13. The van der Waals surface area contributed by atoms with Gasteiger partial charge in [-0.1, -0.05) is 19.1 Å². The lowest BCUT2D eigenvalue weighted by molar-refractivity contribution is -0.167. The van der Waals surface area contributed by atoms with Crippen LogP contribution in [0.25, 0.3) is 0 Å². The van der Waals surface area contributed by atoms with Crippen LogP contribution in [0.15, 0.2) is 12.2 Å². The summed E-state index contributed by atoms with van der Waals surface area (Å²) in [5, 5.41) is 10.9. The van der Waals surface area contributed by atoms with Gasteiger partial charge in [-0.05, 0) is 43.9 Å². The number of hydrogen-bond acceptors (Lipinski definition) is 3. The Morgan fingerprint density at radius 2 is 2.18 bits per heavy atom. The Hall–Kier alpha value is -0.670. The van der Waals surface area contributed by atoms with Crippen LogP contribution in [0, 0.1) is 11.3 Å². The zero-order chi connectivity index (χ0) is 12.8. The van der Waals surface area contributed by atoms with E-state index in [9.17, 15) is 9.90 Å². The molecule has 17 heavy (non-hydrogen) atoms. The molecule has 2 fully saturated rings. The zero-order valence-corrected chi connectivity index (χ0v) is 10.8. The maximum atomic E-state index is 11.8. The summed E-state index contributed by atoms with van der Waals surface area (Å²) in [5.41, 5.74) is 5.83. The van der Waals surface area contributed by atoms with Gasteiger partial charge in [-0.25, -0.2) is 0 Å². The standard InChI is InChI=1S/C14H23NO2/c1-9(2)10-4-6-13(3)7-5-11(16)12(15)14(13,17)8-10/h10,12,17H,1,4-8,15H2,2-3H3/t10-,12+,13-,14-/m1/s1. The fourth-order valence-corrected chi connectivity index (χ4v) is 3.52. The summed E-state index contributed by atoms with van der Waals surface area (Å²) in [7, 11) is 0. The predicted octanol–water partition coefficient (Wildman–Crippen LogP) is 1.79. The number of ketones is 1. The lowest BCUT2D eigenvalue weighted by Crippen LogP contribution is -2.66. The topological polar surface area (TPSA) is 63.3 Å². The number of hydrogen-bond donors (Lipinski definition) is 2. The lowest BCUT2D eigenvalue weighted by Gasteiger charge is -2.56. The summed E-state index contributed by atoms with van der Waals surface area (Å²) in [4.78, 5) is 11.8. The van der Waals surface area contributed by atoms with Gasteiger partial charge in [0.25, 0.3) is 0 Å². The molecule has 0 saturated heterocycles. The molecule has 0 aromatic heterocycles. The average Bonchev–Trinajstić information content (AvgIpc) is 2.27. The second-order valence-corrected chi connectivity index (χ2v) is 6.21. The van der Waals surface area contributed by atoms with Crippen LogP contribution in [0.3, 0.4) is 0 Å². The van der Waals surface area contributed by atoms with Crippen LogP contribution >= 0.6 is 0 Å². The Labute approximate surface area is 103 Å². The molecule has 0 aliphatic heterocycles. The van der Waals surface area contributed by atoms with Gasteiger partial charge in [-0.15, -0.1) is 0 Å². The SMILES string of the molecule is C=C(C)[C@@H]1CC[C@]2(C)CCC(=O)[C@H](N)[C@]2(O)C1. The first-order chi connectivity index (χ1) is 7.80. The van der Waals surface area contributed by atoms with Crippen molar-refractivity contribution in [3.8, 4) is 0 Å². The van der Waals surface area contributed by atoms with Crippen LogP contribution in [-0.4, -0.2) is 22.5 Å². The summed E-state index contributed by atoms with van der Waals surface area (Å²) in [5.74, 6) is 0.303. The summed E-state index contributed by atoms with van der Waals surface area (Å²) >= 11 is 0. The highest BCUT2D eigenvalue weighted by molar-refractivity contribution is 5.86. The molecule has 0 amide bonds. The molecule has 0 radical (unpaired) electrons. The highest BCUT2D eigenvalue weighted by Gasteiger charge is 2.58. The van der Waals surface area contributed by atoms with Gasteiger partial charge in [0.2, 0.25) is 0 Å². The van der Waals surface area contributed by atoms with E-state index in [1.807, 2.05) is 6.92 Å². The van der Waals surface area contributed by atoms with E-state index in [1.165, 1.54) is 0 Å². The van der Waals surface area contributed by atoms with Gasteiger partial charge < -0.3 is 10.8 Å². The van der Waals surface area contributed by atoms with Crippen LogP contribution in [0.2, 0.25) is 0 Å². The average molecular weight is 237 g/mol. The van der Waals surface area contributed by atoms with E-state index >= 15 is 0 Å². The number of nitrogens with two attached hydrogens (primary N) is 1. The van der Waals surface area contributed by atoms with Crippen molar-refractivity contribution >= 4 is 5.78 Å². The van der Waals surface area contributed by atoms with E-state index in [4.69, 9.17) is 5.73 Å². The molecule has 0 aromatic carbocycles. The molecule has 2 aliphatic rings. The highest BCUT2D eigenvalue weighted by Crippen LogP contribution is 2.54. The largest absolute Gasteiger partial charge is 0.387 e. The van der Waals surface area contributed by atoms with Crippen LogP contribution in [0.5, 0.6) is 0 Å². The minimum Gasteiger partial charge on any atom is -0.387 e. The van der Waals surface area contributed by atoms with Gasteiger partial charge in [0.15, 0.2) is 5.78 Å². The lowest BCUT2D eigenvalue weighted by atomic mass is 9.53. The summed E-state index contributed by atoms with van der Waals surface area (Å²) < 4.78 is 0. The zero-order valence-electron chi connectivity index (χ0n) is 10.8. The van der Waals surface area contributed by atoms with Crippen molar-refractivity contribution in [1.82, 2.24) is 0 Å². The summed E-state index contributed by atoms with van der Waals surface area (Å²) in [6, 6.07) is -0.719. The van der Waals surface area contributed by atoms with Crippen molar-refractivity contribution in [3.05, 3.63) is 12.2 Å². The monoisotopic (exact) mass is 237 g/mol. The molecule has 2 aliphatic carbocycles. The van der Waals surface area contributed by atoms with E-state index in [0.29, 0.717) is 18.8 Å². The fraction of sp³-hybridized carbons (Fsp3) is 0.786. The van der Waals surface area contributed by atoms with Gasteiger partial charge in [0, 0.05) is 6.42 Å². The second kappa shape index (κ2) is 3.92. The van der Waals surface area contributed by atoms with Crippen molar-refractivity contribution in [2.75, 3.05) is 0 Å². The first-order valence-electron chi connectivity index (χ1n) is 6.46. The van der Waals surface area contributed by atoms with Gasteiger partial charge in [0.05, 0.1) is 11.6 Å². The molecule has 2 saturated carbocycles. The Balaban J connectivity index is 2.32. The van der Waals surface area contributed by atoms with Crippen molar-refractivity contribution in [1.29, 1.82) is 0 Å². The van der Waals surface area contributed by atoms with E-state index in [-0.39, 0.29) is 11.2 Å². The maximum Gasteiger partial charge on any atom is 0.152 e. The fourth-order valence-electron chi connectivity index (χ4n) is 3.52. The number of Topliss-reactive ketones (excluding diaryl/α,β-unsaturated/α-hetero) is 1. The minimum atomic E-state index is -1.04. The summed E-state index contributed by atoms with van der Waals surface area (Å²) in [6.45, 7) is 8.05. The van der Waals surface area contributed by atoms with Crippen LogP contribution in [-0.2, 0) is 4.79 Å². The molecular weight excluding hydrogens is 214 g/mol. The number of aliphatic hydroxyl groups is 1. The molecule has 0 bridgehead atoms. The molecule has 3 N–H and O–H groups in total. The molecule has 0 spiro atoms. The predicted molar refractivity (Wildman–Crippen MR) is 67.4 cm³/mol. The molecule has 0 heterocycles. The third kappa shape index (κ3) is 1.76. The van der Waals surface area contributed by atoms with Crippen molar-refractivity contribution in [2.45, 2.75) is 57.6 Å². The third-order valence-corrected chi connectivity index (χ3v) is 5.13. The molecule has 0 unspecified atom stereocenters. The van der Waals surface area contributed by atoms with Crippen molar-refractivity contribution in [3.63, 3.8) is 0 Å². The molecular formula is C14H23NO2. The van der Waals surface area contributed by atoms with E-state index in [1.54, 1.807) is 0 Å². The van der Waals surface area contributed by atoms with Crippen molar-refractivity contribution in [2.24, 2.45) is 17.1 Å². The molecule has 4 atom stereocenters. The van der Waals surface area contributed by atoms with Crippen molar-refractivity contribution < 1.29 is 9.90 Å². The molecule has 0 aromatic rings. The van der Waals surface area contributed by atoms with Crippen LogP contribution in [0.4, 0.5) is 0 Å². The normalized spacial score (nSPS) is 46.5. The number of carbonyl (C=O) groups excluding carboxylic acids is 1. The minimum absolute atomic E-state index is 0.00680. The Kier molecular flexibility index (Phi) is 2.95.